The van der Waals surface area contributed by atoms with E-state index in [4.69, 9.17) is 0 Å². The van der Waals surface area contributed by atoms with Gasteiger partial charge in [-0.05, 0) is 32.1 Å². The number of hydrogen-bond donors (Lipinski definition) is 2. The van der Waals surface area contributed by atoms with Gasteiger partial charge in [-0.3, -0.25) is 4.55 Å². The Balaban J connectivity index is 3.85. The number of hydrogen-bond acceptors (Lipinski definition) is 3. The molecule has 5 heteroatoms. The van der Waals surface area contributed by atoms with Gasteiger partial charge < -0.3 is 5.11 Å². The lowest BCUT2D eigenvalue weighted by atomic mass is 10.0. The maximum atomic E-state index is 11.5. The molecule has 0 aliphatic heterocycles. The summed E-state index contributed by atoms with van der Waals surface area (Å²) in [5, 5.41) is 9.37. The van der Waals surface area contributed by atoms with Crippen molar-refractivity contribution < 1.29 is 18.1 Å². The van der Waals surface area contributed by atoms with E-state index in [9.17, 15) is 18.1 Å². The van der Waals surface area contributed by atoms with E-state index in [1.54, 1.807) is 0 Å². The molecule has 0 saturated carbocycles. The first kappa shape index (κ1) is 24.9. The Morgan fingerprint density at radius 1 is 0.640 bits per heavy atom. The first-order valence-electron chi connectivity index (χ1n) is 10.6. The molecule has 25 heavy (non-hydrogen) atoms. The molecule has 0 rings (SSSR count). The van der Waals surface area contributed by atoms with Crippen LogP contribution in [-0.2, 0) is 10.1 Å². The van der Waals surface area contributed by atoms with Gasteiger partial charge in [0.1, 0.15) is 0 Å². The van der Waals surface area contributed by atoms with Gasteiger partial charge in [-0.15, -0.1) is 0 Å². The average Bonchev–Trinajstić information content (AvgIpc) is 2.55. The second-order valence-electron chi connectivity index (χ2n) is 7.48. The van der Waals surface area contributed by atoms with E-state index in [0.29, 0.717) is 25.7 Å². The summed E-state index contributed by atoms with van der Waals surface area (Å²) in [6, 6.07) is 0. The largest absolute Gasteiger partial charge is 0.393 e. The van der Waals surface area contributed by atoms with Gasteiger partial charge in [-0.1, -0.05) is 84.5 Å². The van der Waals surface area contributed by atoms with Crippen LogP contribution in [0.25, 0.3) is 0 Å². The van der Waals surface area contributed by atoms with Crippen LogP contribution in [0.15, 0.2) is 0 Å². The lowest BCUT2D eigenvalue weighted by molar-refractivity contribution is 0.147. The van der Waals surface area contributed by atoms with Gasteiger partial charge in [0.15, 0.2) is 0 Å². The minimum atomic E-state index is -3.97. The third kappa shape index (κ3) is 15.8. The third-order valence-electron chi connectivity index (χ3n) is 5.01. The van der Waals surface area contributed by atoms with E-state index in [-0.39, 0.29) is 6.10 Å². The fourth-order valence-corrected chi connectivity index (χ4v) is 4.23. The van der Waals surface area contributed by atoms with Gasteiger partial charge in [-0.2, -0.15) is 8.42 Å². The van der Waals surface area contributed by atoms with Crippen molar-refractivity contribution in [3.63, 3.8) is 0 Å². The molecule has 2 unspecified atom stereocenters. The lowest BCUT2D eigenvalue weighted by Crippen LogP contribution is -2.21. The Bertz CT molecular complexity index is 381. The molecule has 0 fully saturated rings. The normalized spacial score (nSPS) is 14.6. The van der Waals surface area contributed by atoms with Crippen molar-refractivity contribution in [2.45, 2.75) is 128 Å². The van der Waals surface area contributed by atoms with E-state index in [0.717, 1.165) is 38.5 Å². The second kappa shape index (κ2) is 16.1. The number of unbranched alkanes of at least 4 members (excludes halogenated alkanes) is 9. The van der Waals surface area contributed by atoms with E-state index >= 15 is 0 Å². The van der Waals surface area contributed by atoms with Crippen molar-refractivity contribution in [3.05, 3.63) is 0 Å². The summed E-state index contributed by atoms with van der Waals surface area (Å²) in [6.45, 7) is 4.35. The maximum absolute atomic E-state index is 11.5. The molecule has 0 bridgehead atoms. The number of aliphatic hydroxyl groups excluding tert-OH is 1. The second-order valence-corrected chi connectivity index (χ2v) is 9.18. The van der Waals surface area contributed by atoms with Gasteiger partial charge in [-0.25, -0.2) is 0 Å². The molecule has 0 amide bonds. The van der Waals surface area contributed by atoms with Gasteiger partial charge in [0, 0.05) is 0 Å². The van der Waals surface area contributed by atoms with Crippen molar-refractivity contribution in [2.24, 2.45) is 0 Å². The predicted octanol–water partition coefficient (Wildman–Crippen LogP) is 5.89. The van der Waals surface area contributed by atoms with Crippen LogP contribution in [0.3, 0.4) is 0 Å². The van der Waals surface area contributed by atoms with Crippen LogP contribution in [0, 0.1) is 0 Å². The Morgan fingerprint density at radius 3 is 1.56 bits per heavy atom. The zero-order valence-electron chi connectivity index (χ0n) is 16.6. The van der Waals surface area contributed by atoms with Crippen LogP contribution >= 0.6 is 0 Å². The molecule has 152 valence electrons. The lowest BCUT2D eigenvalue weighted by Gasteiger charge is -2.15. The van der Waals surface area contributed by atoms with E-state index in [1.807, 2.05) is 0 Å². The summed E-state index contributed by atoms with van der Waals surface area (Å²) >= 11 is 0. The minimum Gasteiger partial charge on any atom is -0.393 e. The number of aliphatic hydroxyl groups is 1. The highest BCUT2D eigenvalue weighted by molar-refractivity contribution is 7.86. The Morgan fingerprint density at radius 2 is 1.04 bits per heavy atom. The summed E-state index contributed by atoms with van der Waals surface area (Å²) in [4.78, 5) is 0. The molecule has 0 aromatic carbocycles. The van der Waals surface area contributed by atoms with Crippen molar-refractivity contribution >= 4 is 10.1 Å². The van der Waals surface area contributed by atoms with Crippen molar-refractivity contribution in [2.75, 3.05) is 0 Å². The summed E-state index contributed by atoms with van der Waals surface area (Å²) in [5.41, 5.74) is 0. The molecule has 2 atom stereocenters. The first-order chi connectivity index (χ1) is 11.9. The molecule has 2 N–H and O–H groups in total. The molecule has 0 heterocycles. The average molecular weight is 379 g/mol. The molecule has 0 aliphatic rings. The molecule has 0 radical (unpaired) electrons. The third-order valence-corrected chi connectivity index (χ3v) is 6.32. The zero-order valence-corrected chi connectivity index (χ0v) is 17.4. The molecular weight excluding hydrogens is 336 g/mol. The molecular formula is C20H42O4S. The molecule has 0 aromatic heterocycles. The fraction of sp³-hybridized carbons (Fsp3) is 1.00. The first-order valence-corrected chi connectivity index (χ1v) is 12.1. The van der Waals surface area contributed by atoms with E-state index in [2.05, 4.69) is 13.8 Å². The van der Waals surface area contributed by atoms with Crippen LogP contribution in [0.4, 0.5) is 0 Å². The summed E-state index contributed by atoms with van der Waals surface area (Å²) < 4.78 is 32.4. The molecule has 0 aliphatic carbocycles. The monoisotopic (exact) mass is 378 g/mol. The standard InChI is InChI=1S/C20H42O4S/c1-3-5-7-9-11-12-15-19(21)16-14-18-20(25(22,23)24)17-13-10-8-6-4-2/h19-21H,3-18H2,1-2H3,(H,22,23,24). The molecule has 0 saturated heterocycles. The SMILES string of the molecule is CCCCCCCCC(O)CCCC(CCCCCCC)S(=O)(=O)O. The summed E-state index contributed by atoms with van der Waals surface area (Å²) in [6.07, 6.45) is 15.4. The van der Waals surface area contributed by atoms with Gasteiger partial charge in [0.05, 0.1) is 11.4 Å². The molecule has 4 nitrogen and oxygen atoms in total. The maximum Gasteiger partial charge on any atom is 0.267 e. The van der Waals surface area contributed by atoms with E-state index < -0.39 is 15.4 Å². The Hall–Kier alpha value is -0.130. The smallest absolute Gasteiger partial charge is 0.267 e. The predicted molar refractivity (Wildman–Crippen MR) is 107 cm³/mol. The zero-order chi connectivity index (χ0) is 19.0. The highest BCUT2D eigenvalue weighted by atomic mass is 32.2. The molecule has 0 spiro atoms. The van der Waals surface area contributed by atoms with E-state index in [1.165, 1.54) is 38.5 Å². The quantitative estimate of drug-likeness (QED) is 0.230. The van der Waals surface area contributed by atoms with Crippen LogP contribution in [0.2, 0.25) is 0 Å². The fourth-order valence-electron chi connectivity index (χ4n) is 3.30. The summed E-state index contributed by atoms with van der Waals surface area (Å²) in [5.74, 6) is 0. The van der Waals surface area contributed by atoms with Crippen LogP contribution in [-0.4, -0.2) is 29.4 Å². The van der Waals surface area contributed by atoms with Crippen molar-refractivity contribution in [1.29, 1.82) is 0 Å². The van der Waals surface area contributed by atoms with Crippen molar-refractivity contribution in [1.82, 2.24) is 0 Å². The highest BCUT2D eigenvalue weighted by Gasteiger charge is 2.22. The van der Waals surface area contributed by atoms with Crippen LogP contribution in [0.5, 0.6) is 0 Å². The molecule has 0 aromatic rings. The topological polar surface area (TPSA) is 74.6 Å². The van der Waals surface area contributed by atoms with Crippen molar-refractivity contribution in [3.8, 4) is 0 Å². The summed E-state index contributed by atoms with van der Waals surface area (Å²) in [7, 11) is -3.97. The van der Waals surface area contributed by atoms with Crippen LogP contribution < -0.4 is 0 Å². The van der Waals surface area contributed by atoms with Gasteiger partial charge in [0.25, 0.3) is 10.1 Å². The van der Waals surface area contributed by atoms with Gasteiger partial charge in [0.2, 0.25) is 0 Å². The van der Waals surface area contributed by atoms with Gasteiger partial charge >= 0.3 is 0 Å². The Kier molecular flexibility index (Phi) is 16.0. The highest BCUT2D eigenvalue weighted by Crippen LogP contribution is 2.19. The van der Waals surface area contributed by atoms with Crippen LogP contribution in [0.1, 0.15) is 117 Å². The number of rotatable bonds is 18. The Labute approximate surface area is 156 Å². The minimum absolute atomic E-state index is 0.335.